The highest BCUT2D eigenvalue weighted by atomic mass is 79.9. The first kappa shape index (κ1) is 24.9. The van der Waals surface area contributed by atoms with Crippen LogP contribution in [-0.4, -0.2) is 49.2 Å². The molecule has 1 aliphatic heterocycles. The van der Waals surface area contributed by atoms with Crippen LogP contribution < -0.4 is 0 Å². The molecule has 3 fully saturated rings. The van der Waals surface area contributed by atoms with E-state index in [1.807, 2.05) is 0 Å². The van der Waals surface area contributed by atoms with Crippen molar-refractivity contribution in [3.05, 3.63) is 69.7 Å². The number of fused-ring (bicyclic) bond motifs is 5. The first-order valence-electron chi connectivity index (χ1n) is 11.2. The van der Waals surface area contributed by atoms with E-state index in [9.17, 15) is 19.2 Å². The molecule has 0 spiro atoms. The topological polar surface area (TPSA) is 74.8 Å². The van der Waals surface area contributed by atoms with E-state index in [4.69, 9.17) is 23.2 Å². The molecule has 2 bridgehead atoms. The molecular weight excluding hydrogens is 623 g/mol. The highest BCUT2D eigenvalue weighted by Crippen LogP contribution is 2.60. The number of carbonyl (C=O) groups is 4. The number of hydrogen-bond acceptors (Lipinski definition) is 4. The Morgan fingerprint density at radius 2 is 1.49 bits per heavy atom. The second-order valence-electron chi connectivity index (χ2n) is 9.18. The Bertz CT molecular complexity index is 1210. The van der Waals surface area contributed by atoms with Crippen molar-refractivity contribution in [2.45, 2.75) is 29.0 Å². The molecule has 1 heterocycles. The molecule has 2 aromatic rings. The molecule has 182 valence electrons. The van der Waals surface area contributed by atoms with Crippen LogP contribution in [0.2, 0.25) is 10.0 Å². The quantitative estimate of drug-likeness (QED) is 0.249. The third kappa shape index (κ3) is 3.88. The molecule has 3 aliphatic rings. The van der Waals surface area contributed by atoms with Crippen LogP contribution >= 0.6 is 55.1 Å². The number of amides is 3. The van der Waals surface area contributed by atoms with Crippen LogP contribution in [0.3, 0.4) is 0 Å². The second-order valence-corrected chi connectivity index (χ2v) is 12.1. The van der Waals surface area contributed by atoms with Gasteiger partial charge >= 0.3 is 0 Å². The summed E-state index contributed by atoms with van der Waals surface area (Å²) >= 11 is 19.5. The first-order valence-corrected chi connectivity index (χ1v) is 13.8. The SMILES string of the molecule is C[C@H](C(=O)c1ccccc1)N(C(=O)c1ccc(Cl)c(Cl)c1)N1C(=O)[C@@H]2[C@H]3C[C@@H]([C@H](Br)[C@@H]3Br)[C@@H]2C1=O. The Balaban J connectivity index is 1.57. The van der Waals surface area contributed by atoms with Gasteiger partial charge in [0, 0.05) is 20.8 Å². The molecule has 2 aromatic carbocycles. The van der Waals surface area contributed by atoms with E-state index in [0.29, 0.717) is 5.56 Å². The maximum Gasteiger partial charge on any atom is 0.273 e. The standard InChI is InChI=1S/C25H20Br2Cl2N2O4/c1-11(22(32)12-5-3-2-4-6-12)30(23(33)13-7-8-16(28)17(29)9-13)31-24(34)18-14-10-15(19(18)25(31)35)21(27)20(14)26/h2-9,11,14-15,18-21H,10H2,1H3/t11-,14-,15-,18-,19+,20-,21+/m1/s1. The zero-order chi connectivity index (χ0) is 25.2. The average Bonchev–Trinajstić information content (AvgIpc) is 3.46. The molecule has 3 amide bonds. The van der Waals surface area contributed by atoms with Crippen LogP contribution in [0.5, 0.6) is 0 Å². The number of ketones is 1. The summed E-state index contributed by atoms with van der Waals surface area (Å²) in [7, 11) is 0. The fourth-order valence-electron chi connectivity index (χ4n) is 5.70. The van der Waals surface area contributed by atoms with E-state index >= 15 is 0 Å². The number of hydrazine groups is 1. The molecule has 0 radical (unpaired) electrons. The van der Waals surface area contributed by atoms with Crippen molar-refractivity contribution >= 4 is 78.6 Å². The molecular formula is C25H20Br2Cl2N2O4. The minimum absolute atomic E-state index is 0.0297. The van der Waals surface area contributed by atoms with Gasteiger partial charge in [-0.1, -0.05) is 85.4 Å². The van der Waals surface area contributed by atoms with Gasteiger partial charge in [-0.05, 0) is 43.4 Å². The Hall–Kier alpha value is -1.74. The van der Waals surface area contributed by atoms with E-state index in [1.165, 1.54) is 25.1 Å². The monoisotopic (exact) mass is 640 g/mol. The summed E-state index contributed by atoms with van der Waals surface area (Å²) in [6.45, 7) is 1.52. The molecule has 1 saturated heterocycles. The van der Waals surface area contributed by atoms with Gasteiger partial charge < -0.3 is 0 Å². The highest BCUT2D eigenvalue weighted by Gasteiger charge is 2.68. The number of carbonyl (C=O) groups excluding carboxylic acids is 4. The lowest BCUT2D eigenvalue weighted by atomic mass is 9.81. The van der Waals surface area contributed by atoms with Gasteiger partial charge in [0.1, 0.15) is 6.04 Å². The molecule has 7 atom stereocenters. The Morgan fingerprint density at radius 3 is 2.03 bits per heavy atom. The Kier molecular flexibility index (Phi) is 6.62. The average molecular weight is 643 g/mol. The number of nitrogens with zero attached hydrogens (tertiary/aromatic N) is 2. The number of halogens is 4. The van der Waals surface area contributed by atoms with Gasteiger partial charge in [-0.25, -0.2) is 5.01 Å². The summed E-state index contributed by atoms with van der Waals surface area (Å²) in [6.07, 6.45) is 0.756. The predicted molar refractivity (Wildman–Crippen MR) is 139 cm³/mol. The van der Waals surface area contributed by atoms with E-state index in [-0.39, 0.29) is 37.1 Å². The van der Waals surface area contributed by atoms with Gasteiger partial charge in [-0.15, -0.1) is 0 Å². The molecule has 10 heteroatoms. The molecule has 0 unspecified atom stereocenters. The van der Waals surface area contributed by atoms with E-state index < -0.39 is 41.4 Å². The third-order valence-electron chi connectivity index (χ3n) is 7.36. The molecule has 35 heavy (non-hydrogen) atoms. The molecule has 0 aromatic heterocycles. The Labute approximate surface area is 229 Å². The van der Waals surface area contributed by atoms with Gasteiger partial charge in [0.15, 0.2) is 5.78 Å². The largest absolute Gasteiger partial charge is 0.292 e. The van der Waals surface area contributed by atoms with Crippen molar-refractivity contribution in [1.29, 1.82) is 0 Å². The third-order valence-corrected chi connectivity index (χ3v) is 11.3. The summed E-state index contributed by atoms with van der Waals surface area (Å²) in [5.74, 6) is -3.09. The molecule has 0 N–H and O–H groups in total. The normalized spacial score (nSPS) is 29.9. The maximum absolute atomic E-state index is 13.8. The first-order chi connectivity index (χ1) is 16.6. The molecule has 5 rings (SSSR count). The van der Waals surface area contributed by atoms with E-state index in [2.05, 4.69) is 31.9 Å². The second kappa shape index (κ2) is 9.29. The van der Waals surface area contributed by atoms with E-state index in [0.717, 1.165) is 16.4 Å². The van der Waals surface area contributed by atoms with Crippen molar-refractivity contribution in [3.63, 3.8) is 0 Å². The van der Waals surface area contributed by atoms with Crippen LogP contribution in [0.1, 0.15) is 34.1 Å². The van der Waals surface area contributed by atoms with Crippen LogP contribution in [0.4, 0.5) is 0 Å². The minimum Gasteiger partial charge on any atom is -0.292 e. The van der Waals surface area contributed by atoms with Gasteiger partial charge in [0.05, 0.1) is 21.9 Å². The highest BCUT2D eigenvalue weighted by molar-refractivity contribution is 9.12. The number of Topliss-reactive ketones (excluding diaryl/α,β-unsaturated/α-hetero) is 1. The van der Waals surface area contributed by atoms with Crippen molar-refractivity contribution in [1.82, 2.24) is 10.0 Å². The van der Waals surface area contributed by atoms with Gasteiger partial charge in [-0.3, -0.25) is 19.2 Å². The lowest BCUT2D eigenvalue weighted by Crippen LogP contribution is -2.57. The number of alkyl halides is 2. The van der Waals surface area contributed by atoms with Crippen molar-refractivity contribution in [2.75, 3.05) is 0 Å². The van der Waals surface area contributed by atoms with E-state index in [1.54, 1.807) is 30.3 Å². The van der Waals surface area contributed by atoms with Crippen molar-refractivity contribution in [3.8, 4) is 0 Å². The zero-order valence-electron chi connectivity index (χ0n) is 18.4. The smallest absolute Gasteiger partial charge is 0.273 e. The number of benzene rings is 2. The number of imide groups is 1. The summed E-state index contributed by atoms with van der Waals surface area (Å²) < 4.78 is 0. The Morgan fingerprint density at radius 1 is 0.914 bits per heavy atom. The molecule has 6 nitrogen and oxygen atoms in total. The van der Waals surface area contributed by atoms with Gasteiger partial charge in [0.25, 0.3) is 17.7 Å². The van der Waals surface area contributed by atoms with Crippen LogP contribution in [-0.2, 0) is 9.59 Å². The lowest BCUT2D eigenvalue weighted by Gasteiger charge is -2.35. The van der Waals surface area contributed by atoms with Gasteiger partial charge in [-0.2, -0.15) is 5.01 Å². The number of hydrogen-bond donors (Lipinski definition) is 0. The minimum atomic E-state index is -1.12. The van der Waals surface area contributed by atoms with Crippen LogP contribution in [0, 0.1) is 23.7 Å². The summed E-state index contributed by atoms with van der Waals surface area (Å²) in [5, 5.41) is 2.33. The molecule has 2 saturated carbocycles. The number of rotatable bonds is 5. The van der Waals surface area contributed by atoms with Gasteiger partial charge in [0.2, 0.25) is 0 Å². The summed E-state index contributed by atoms with van der Waals surface area (Å²) in [6, 6.07) is 11.6. The van der Waals surface area contributed by atoms with Crippen LogP contribution in [0.15, 0.2) is 48.5 Å². The zero-order valence-corrected chi connectivity index (χ0v) is 23.1. The molecule has 2 aliphatic carbocycles. The summed E-state index contributed by atoms with van der Waals surface area (Å²) in [5.41, 5.74) is 0.483. The van der Waals surface area contributed by atoms with Crippen LogP contribution in [0.25, 0.3) is 0 Å². The predicted octanol–water partition coefficient (Wildman–Crippen LogP) is 5.40. The fourth-order valence-corrected chi connectivity index (χ4v) is 7.87. The van der Waals surface area contributed by atoms with Crippen molar-refractivity contribution in [2.24, 2.45) is 23.7 Å². The summed E-state index contributed by atoms with van der Waals surface area (Å²) in [4.78, 5) is 54.7. The van der Waals surface area contributed by atoms with Crippen molar-refractivity contribution < 1.29 is 19.2 Å². The maximum atomic E-state index is 13.8. The fraction of sp³-hybridized carbons (Fsp3) is 0.360. The lowest BCUT2D eigenvalue weighted by molar-refractivity contribution is -0.157.